The van der Waals surface area contributed by atoms with Crippen LogP contribution in [0.15, 0.2) is 22.7 Å². The summed E-state index contributed by atoms with van der Waals surface area (Å²) in [4.78, 5) is 2.29. The molecular formula is C12H15BrFNO. The van der Waals surface area contributed by atoms with E-state index >= 15 is 0 Å². The van der Waals surface area contributed by atoms with E-state index in [1.807, 2.05) is 6.07 Å². The highest BCUT2D eigenvalue weighted by molar-refractivity contribution is 9.10. The lowest BCUT2D eigenvalue weighted by atomic mass is 10.2. The second kappa shape index (κ2) is 5.25. The van der Waals surface area contributed by atoms with Gasteiger partial charge < -0.3 is 4.74 Å². The molecule has 1 unspecified atom stereocenters. The van der Waals surface area contributed by atoms with Crippen molar-refractivity contribution in [1.29, 1.82) is 0 Å². The van der Waals surface area contributed by atoms with Gasteiger partial charge in [-0.25, -0.2) is 4.39 Å². The number of rotatable bonds is 2. The zero-order valence-corrected chi connectivity index (χ0v) is 10.8. The lowest BCUT2D eigenvalue weighted by Gasteiger charge is -2.31. The summed E-state index contributed by atoms with van der Waals surface area (Å²) in [6, 6.07) is 5.17. The molecule has 1 saturated heterocycles. The molecule has 0 N–H and O–H groups in total. The molecule has 88 valence electrons. The van der Waals surface area contributed by atoms with E-state index in [4.69, 9.17) is 4.74 Å². The fraction of sp³-hybridized carbons (Fsp3) is 0.500. The van der Waals surface area contributed by atoms with E-state index in [1.165, 1.54) is 6.07 Å². The summed E-state index contributed by atoms with van der Waals surface area (Å²) in [6.07, 6.45) is 0.265. The van der Waals surface area contributed by atoms with E-state index in [2.05, 4.69) is 27.8 Å². The molecule has 0 amide bonds. The molecule has 1 atom stereocenters. The highest BCUT2D eigenvalue weighted by atomic mass is 79.9. The Bertz CT molecular complexity index is 372. The summed E-state index contributed by atoms with van der Waals surface area (Å²) in [7, 11) is 0. The van der Waals surface area contributed by atoms with Crippen LogP contribution < -0.4 is 0 Å². The molecule has 0 aromatic heterocycles. The molecule has 2 rings (SSSR count). The number of hydrogen-bond donors (Lipinski definition) is 0. The number of morpholine rings is 1. The van der Waals surface area contributed by atoms with Crippen LogP contribution >= 0.6 is 15.9 Å². The Balaban J connectivity index is 2.05. The monoisotopic (exact) mass is 287 g/mol. The van der Waals surface area contributed by atoms with Crippen LogP contribution in [0.25, 0.3) is 0 Å². The van der Waals surface area contributed by atoms with E-state index in [0.717, 1.165) is 31.8 Å². The maximum absolute atomic E-state index is 13.3. The predicted octanol–water partition coefficient (Wildman–Crippen LogP) is 2.81. The molecule has 0 bridgehead atoms. The first-order valence-corrected chi connectivity index (χ1v) is 6.23. The number of benzene rings is 1. The molecule has 1 aliphatic rings. The Hall–Kier alpha value is -0.450. The molecule has 0 radical (unpaired) electrons. The molecule has 0 saturated carbocycles. The molecule has 0 spiro atoms. The summed E-state index contributed by atoms with van der Waals surface area (Å²) < 4.78 is 19.4. The Morgan fingerprint density at radius 3 is 3.12 bits per heavy atom. The first-order valence-electron chi connectivity index (χ1n) is 5.43. The fourth-order valence-electron chi connectivity index (χ4n) is 1.95. The van der Waals surface area contributed by atoms with E-state index in [-0.39, 0.29) is 11.9 Å². The van der Waals surface area contributed by atoms with E-state index in [9.17, 15) is 4.39 Å². The van der Waals surface area contributed by atoms with Crippen molar-refractivity contribution in [3.8, 4) is 0 Å². The van der Waals surface area contributed by atoms with Crippen LogP contribution in [-0.4, -0.2) is 30.7 Å². The number of halogens is 2. The average molecular weight is 288 g/mol. The molecule has 1 aromatic carbocycles. The van der Waals surface area contributed by atoms with Crippen LogP contribution in [0.1, 0.15) is 12.5 Å². The normalized spacial score (nSPS) is 22.3. The van der Waals surface area contributed by atoms with Gasteiger partial charge in [-0.2, -0.15) is 0 Å². The lowest BCUT2D eigenvalue weighted by Crippen LogP contribution is -2.40. The zero-order chi connectivity index (χ0) is 11.5. The quantitative estimate of drug-likeness (QED) is 0.829. The third-order valence-electron chi connectivity index (χ3n) is 2.75. The van der Waals surface area contributed by atoms with E-state index < -0.39 is 0 Å². The van der Waals surface area contributed by atoms with E-state index in [1.54, 1.807) is 6.07 Å². The largest absolute Gasteiger partial charge is 0.376 e. The molecule has 1 fully saturated rings. The third-order valence-corrected chi connectivity index (χ3v) is 3.64. The molecule has 1 aliphatic heterocycles. The van der Waals surface area contributed by atoms with Crippen molar-refractivity contribution in [2.75, 3.05) is 19.7 Å². The molecular weight excluding hydrogens is 273 g/mol. The van der Waals surface area contributed by atoms with Crippen molar-refractivity contribution in [3.63, 3.8) is 0 Å². The van der Waals surface area contributed by atoms with Crippen LogP contribution in [0.3, 0.4) is 0 Å². The van der Waals surface area contributed by atoms with Gasteiger partial charge in [0.2, 0.25) is 0 Å². The number of hydrogen-bond acceptors (Lipinski definition) is 2. The van der Waals surface area contributed by atoms with Gasteiger partial charge in [-0.05, 0) is 34.5 Å². The summed E-state index contributed by atoms with van der Waals surface area (Å²) in [5.74, 6) is -0.196. The van der Waals surface area contributed by atoms with Gasteiger partial charge >= 0.3 is 0 Å². The smallest absolute Gasteiger partial charge is 0.137 e. The van der Waals surface area contributed by atoms with Crippen molar-refractivity contribution in [2.24, 2.45) is 0 Å². The second-order valence-corrected chi connectivity index (χ2v) is 4.92. The first kappa shape index (κ1) is 12.0. The molecule has 16 heavy (non-hydrogen) atoms. The topological polar surface area (TPSA) is 12.5 Å². The van der Waals surface area contributed by atoms with Gasteiger partial charge in [-0.1, -0.05) is 12.1 Å². The molecule has 1 heterocycles. The Morgan fingerprint density at radius 1 is 1.56 bits per heavy atom. The highest BCUT2D eigenvalue weighted by Gasteiger charge is 2.17. The van der Waals surface area contributed by atoms with E-state index in [0.29, 0.717) is 4.47 Å². The van der Waals surface area contributed by atoms with Crippen molar-refractivity contribution < 1.29 is 9.13 Å². The second-order valence-electron chi connectivity index (χ2n) is 4.13. The molecule has 1 aromatic rings. The summed E-state index contributed by atoms with van der Waals surface area (Å²) in [5, 5.41) is 0. The maximum atomic E-state index is 13.3. The van der Waals surface area contributed by atoms with Crippen LogP contribution in [0.4, 0.5) is 4.39 Å². The minimum Gasteiger partial charge on any atom is -0.376 e. The molecule has 2 nitrogen and oxygen atoms in total. The zero-order valence-electron chi connectivity index (χ0n) is 9.25. The molecule has 0 aliphatic carbocycles. The van der Waals surface area contributed by atoms with Crippen molar-refractivity contribution in [2.45, 2.75) is 19.6 Å². The Kier molecular flexibility index (Phi) is 3.95. The fourth-order valence-corrected chi connectivity index (χ4v) is 2.34. The Morgan fingerprint density at radius 2 is 2.38 bits per heavy atom. The first-order chi connectivity index (χ1) is 7.66. The SMILES string of the molecule is CC1CN(Cc2cccc(F)c2Br)CCO1. The standard InChI is InChI=1S/C12H15BrFNO/c1-9-7-15(5-6-16-9)8-10-3-2-4-11(14)12(10)13/h2-4,9H,5-8H2,1H3. The van der Waals surface area contributed by atoms with Crippen LogP contribution in [-0.2, 0) is 11.3 Å². The van der Waals surface area contributed by atoms with Crippen molar-refractivity contribution in [1.82, 2.24) is 4.90 Å². The van der Waals surface area contributed by atoms with Gasteiger partial charge in [0.15, 0.2) is 0 Å². The van der Waals surface area contributed by atoms with Gasteiger partial charge in [0.05, 0.1) is 17.2 Å². The van der Waals surface area contributed by atoms with Crippen molar-refractivity contribution in [3.05, 3.63) is 34.1 Å². The van der Waals surface area contributed by atoms with Gasteiger partial charge in [-0.15, -0.1) is 0 Å². The maximum Gasteiger partial charge on any atom is 0.137 e. The van der Waals surface area contributed by atoms with Crippen LogP contribution in [0, 0.1) is 5.82 Å². The van der Waals surface area contributed by atoms with Crippen molar-refractivity contribution >= 4 is 15.9 Å². The van der Waals surface area contributed by atoms with Crippen LogP contribution in [0.5, 0.6) is 0 Å². The van der Waals surface area contributed by atoms with Gasteiger partial charge in [0, 0.05) is 19.6 Å². The van der Waals surface area contributed by atoms with Gasteiger partial charge in [0.1, 0.15) is 5.82 Å². The van der Waals surface area contributed by atoms with Gasteiger partial charge in [-0.3, -0.25) is 4.90 Å². The summed E-state index contributed by atoms with van der Waals surface area (Å²) in [5.41, 5.74) is 0.995. The minimum absolute atomic E-state index is 0.196. The van der Waals surface area contributed by atoms with Gasteiger partial charge in [0.25, 0.3) is 0 Å². The average Bonchev–Trinajstić information content (AvgIpc) is 2.25. The third kappa shape index (κ3) is 2.81. The molecule has 4 heteroatoms. The summed E-state index contributed by atoms with van der Waals surface area (Å²) >= 11 is 3.29. The Labute approximate surface area is 104 Å². The lowest BCUT2D eigenvalue weighted by molar-refractivity contribution is -0.0212. The van der Waals surface area contributed by atoms with Crippen LogP contribution in [0.2, 0.25) is 0 Å². The predicted molar refractivity (Wildman–Crippen MR) is 64.8 cm³/mol. The number of ether oxygens (including phenoxy) is 1. The summed E-state index contributed by atoms with van der Waals surface area (Å²) in [6.45, 7) is 5.41. The minimum atomic E-state index is -0.196. The highest BCUT2D eigenvalue weighted by Crippen LogP contribution is 2.22. The number of nitrogens with zero attached hydrogens (tertiary/aromatic N) is 1.